The highest BCUT2D eigenvalue weighted by Gasteiger charge is 2.07. The normalized spacial score (nSPS) is 12.1. The first kappa shape index (κ1) is 15.5. The van der Waals surface area contributed by atoms with Crippen molar-refractivity contribution in [3.05, 3.63) is 65.2 Å². The second-order valence-electron chi connectivity index (χ2n) is 5.03. The van der Waals surface area contributed by atoms with E-state index in [1.165, 1.54) is 5.56 Å². The Hall–Kier alpha value is -1.84. The molecule has 1 unspecified atom stereocenters. The van der Waals surface area contributed by atoms with Gasteiger partial charge in [0.25, 0.3) is 0 Å². The van der Waals surface area contributed by atoms with Gasteiger partial charge in [0.05, 0.1) is 13.2 Å². The Bertz CT molecular complexity index is 569. The third kappa shape index (κ3) is 4.31. The Kier molecular flexibility index (Phi) is 5.78. The molecule has 1 atom stereocenters. The van der Waals surface area contributed by atoms with Gasteiger partial charge in [-0.25, -0.2) is 0 Å². The number of nitrogens with one attached hydrogen (secondary N) is 1. The Morgan fingerprint density at radius 2 is 1.86 bits per heavy atom. The molecule has 112 valence electrons. The maximum absolute atomic E-state index is 9.35. The molecule has 0 saturated carbocycles. The van der Waals surface area contributed by atoms with Gasteiger partial charge in [-0.05, 0) is 42.7 Å². The van der Waals surface area contributed by atoms with Crippen molar-refractivity contribution >= 4 is 0 Å². The minimum Gasteiger partial charge on any atom is -0.494 e. The van der Waals surface area contributed by atoms with Gasteiger partial charge in [-0.2, -0.15) is 0 Å². The lowest BCUT2D eigenvalue weighted by molar-refractivity contribution is 0.280. The number of rotatable bonds is 7. The number of hydrogen-bond donors (Lipinski definition) is 2. The van der Waals surface area contributed by atoms with Gasteiger partial charge in [-0.1, -0.05) is 36.4 Å². The first-order chi connectivity index (χ1) is 10.2. The van der Waals surface area contributed by atoms with Crippen LogP contribution in [-0.2, 0) is 13.2 Å². The van der Waals surface area contributed by atoms with E-state index in [2.05, 4.69) is 24.4 Å². The highest BCUT2D eigenvalue weighted by Crippen LogP contribution is 2.20. The van der Waals surface area contributed by atoms with E-state index in [4.69, 9.17) is 4.74 Å². The van der Waals surface area contributed by atoms with E-state index >= 15 is 0 Å². The number of aliphatic hydroxyl groups is 1. The lowest BCUT2D eigenvalue weighted by Gasteiger charge is -2.16. The van der Waals surface area contributed by atoms with Crippen molar-refractivity contribution in [1.29, 1.82) is 0 Å². The van der Waals surface area contributed by atoms with E-state index in [1.54, 1.807) is 0 Å². The smallest absolute Gasteiger partial charge is 0.119 e. The van der Waals surface area contributed by atoms with Crippen molar-refractivity contribution in [2.24, 2.45) is 0 Å². The molecule has 0 aliphatic heterocycles. The van der Waals surface area contributed by atoms with Crippen LogP contribution in [-0.4, -0.2) is 11.7 Å². The van der Waals surface area contributed by atoms with Crippen molar-refractivity contribution in [1.82, 2.24) is 5.32 Å². The fourth-order valence-electron chi connectivity index (χ4n) is 2.31. The fraction of sp³-hybridized carbons (Fsp3) is 0.333. The van der Waals surface area contributed by atoms with Crippen LogP contribution >= 0.6 is 0 Å². The monoisotopic (exact) mass is 285 g/mol. The molecule has 3 nitrogen and oxygen atoms in total. The van der Waals surface area contributed by atoms with Gasteiger partial charge >= 0.3 is 0 Å². The van der Waals surface area contributed by atoms with Gasteiger partial charge in [-0.15, -0.1) is 0 Å². The van der Waals surface area contributed by atoms with Crippen LogP contribution in [0, 0.1) is 0 Å². The molecule has 0 aliphatic rings. The molecule has 0 spiro atoms. The number of ether oxygens (including phenoxy) is 1. The Balaban J connectivity index is 2.01. The first-order valence-corrected chi connectivity index (χ1v) is 7.38. The summed E-state index contributed by atoms with van der Waals surface area (Å²) in [4.78, 5) is 0. The van der Waals surface area contributed by atoms with Crippen LogP contribution in [0.5, 0.6) is 5.75 Å². The van der Waals surface area contributed by atoms with Gasteiger partial charge in [-0.3, -0.25) is 0 Å². The zero-order valence-electron chi connectivity index (χ0n) is 12.7. The minimum atomic E-state index is 0.0755. The summed E-state index contributed by atoms with van der Waals surface area (Å²) in [6.45, 7) is 5.60. The highest BCUT2D eigenvalue weighted by atomic mass is 16.5. The largest absolute Gasteiger partial charge is 0.494 e. The quantitative estimate of drug-likeness (QED) is 0.819. The number of benzene rings is 2. The standard InChI is InChI=1S/C18H23NO2/c1-3-21-18-10-6-9-15(11-18)14(2)19-12-16-7-4-5-8-17(16)13-20/h4-11,14,19-20H,3,12-13H2,1-2H3. The summed E-state index contributed by atoms with van der Waals surface area (Å²) in [6.07, 6.45) is 0. The van der Waals surface area contributed by atoms with Crippen molar-refractivity contribution in [3.8, 4) is 5.75 Å². The predicted octanol–water partition coefficient (Wildman–Crippen LogP) is 3.43. The lowest BCUT2D eigenvalue weighted by Crippen LogP contribution is -2.19. The summed E-state index contributed by atoms with van der Waals surface area (Å²) in [7, 11) is 0. The summed E-state index contributed by atoms with van der Waals surface area (Å²) in [5.41, 5.74) is 3.30. The Morgan fingerprint density at radius 3 is 2.57 bits per heavy atom. The zero-order valence-corrected chi connectivity index (χ0v) is 12.7. The number of hydrogen-bond acceptors (Lipinski definition) is 3. The average Bonchev–Trinajstić information content (AvgIpc) is 2.53. The lowest BCUT2D eigenvalue weighted by atomic mass is 10.1. The summed E-state index contributed by atoms with van der Waals surface area (Å²) in [5, 5.41) is 12.8. The molecular formula is C18H23NO2. The van der Waals surface area contributed by atoms with Crippen molar-refractivity contribution in [3.63, 3.8) is 0 Å². The van der Waals surface area contributed by atoms with Crippen LogP contribution in [0.3, 0.4) is 0 Å². The van der Waals surface area contributed by atoms with E-state index in [1.807, 2.05) is 43.3 Å². The van der Waals surface area contributed by atoms with Crippen LogP contribution in [0.25, 0.3) is 0 Å². The van der Waals surface area contributed by atoms with Crippen molar-refractivity contribution in [2.75, 3.05) is 6.61 Å². The third-order valence-electron chi connectivity index (χ3n) is 3.56. The van der Waals surface area contributed by atoms with Gasteiger partial charge in [0.2, 0.25) is 0 Å². The minimum absolute atomic E-state index is 0.0755. The molecule has 0 heterocycles. The molecule has 2 aromatic rings. The van der Waals surface area contributed by atoms with Gasteiger partial charge in [0.1, 0.15) is 5.75 Å². The molecule has 0 amide bonds. The second-order valence-corrected chi connectivity index (χ2v) is 5.03. The summed E-state index contributed by atoms with van der Waals surface area (Å²) in [6, 6.07) is 16.3. The van der Waals surface area contributed by atoms with Crippen LogP contribution in [0.4, 0.5) is 0 Å². The van der Waals surface area contributed by atoms with Crippen LogP contribution < -0.4 is 10.1 Å². The molecule has 2 aromatic carbocycles. The van der Waals surface area contributed by atoms with Gasteiger partial charge in [0, 0.05) is 12.6 Å². The van der Waals surface area contributed by atoms with E-state index < -0.39 is 0 Å². The molecule has 3 heteroatoms. The van der Waals surface area contributed by atoms with Crippen molar-refractivity contribution < 1.29 is 9.84 Å². The fourth-order valence-corrected chi connectivity index (χ4v) is 2.31. The topological polar surface area (TPSA) is 41.5 Å². The molecule has 0 radical (unpaired) electrons. The molecule has 21 heavy (non-hydrogen) atoms. The summed E-state index contributed by atoms with van der Waals surface area (Å²) >= 11 is 0. The van der Waals surface area contributed by atoms with Crippen LogP contribution in [0.15, 0.2) is 48.5 Å². The summed E-state index contributed by atoms with van der Waals surface area (Å²) in [5.74, 6) is 0.902. The third-order valence-corrected chi connectivity index (χ3v) is 3.56. The Labute approximate surface area is 126 Å². The number of aliphatic hydroxyl groups excluding tert-OH is 1. The molecule has 2 N–H and O–H groups in total. The molecule has 0 bridgehead atoms. The first-order valence-electron chi connectivity index (χ1n) is 7.38. The molecular weight excluding hydrogens is 262 g/mol. The van der Waals surface area contributed by atoms with Crippen LogP contribution in [0.1, 0.15) is 36.6 Å². The molecule has 0 aliphatic carbocycles. The highest BCUT2D eigenvalue weighted by molar-refractivity contribution is 5.31. The van der Waals surface area contributed by atoms with E-state index in [-0.39, 0.29) is 12.6 Å². The van der Waals surface area contributed by atoms with E-state index in [9.17, 15) is 5.11 Å². The molecule has 0 aromatic heterocycles. The maximum atomic E-state index is 9.35. The zero-order chi connectivity index (χ0) is 15.1. The molecule has 0 fully saturated rings. The van der Waals surface area contributed by atoms with Gasteiger partial charge in [0.15, 0.2) is 0 Å². The maximum Gasteiger partial charge on any atom is 0.119 e. The van der Waals surface area contributed by atoms with Crippen LogP contribution in [0.2, 0.25) is 0 Å². The Morgan fingerprint density at radius 1 is 1.10 bits per heavy atom. The van der Waals surface area contributed by atoms with E-state index in [0.717, 1.165) is 23.4 Å². The second kappa shape index (κ2) is 7.81. The molecule has 0 saturated heterocycles. The SMILES string of the molecule is CCOc1cccc(C(C)NCc2ccccc2CO)c1. The molecule has 2 rings (SSSR count). The summed E-state index contributed by atoms with van der Waals surface area (Å²) < 4.78 is 5.54. The predicted molar refractivity (Wildman–Crippen MR) is 85.2 cm³/mol. The average molecular weight is 285 g/mol. The van der Waals surface area contributed by atoms with Gasteiger partial charge < -0.3 is 15.2 Å². The van der Waals surface area contributed by atoms with E-state index in [0.29, 0.717) is 6.61 Å². The van der Waals surface area contributed by atoms with Crippen molar-refractivity contribution in [2.45, 2.75) is 33.0 Å².